The number of ether oxygens (including phenoxy) is 2. The van der Waals surface area contributed by atoms with Crippen molar-refractivity contribution in [1.29, 1.82) is 0 Å². The normalized spacial score (nSPS) is 17.3. The Labute approximate surface area is 201 Å². The minimum atomic E-state index is -0.785. The lowest BCUT2D eigenvalue weighted by Gasteiger charge is -2.27. The Hall–Kier alpha value is -4.34. The van der Waals surface area contributed by atoms with E-state index in [0.29, 0.717) is 5.71 Å². The van der Waals surface area contributed by atoms with Gasteiger partial charge in [0.25, 0.3) is 11.8 Å². The van der Waals surface area contributed by atoms with Gasteiger partial charge in [-0.25, -0.2) is 4.79 Å². The van der Waals surface area contributed by atoms with Crippen LogP contribution in [0.25, 0.3) is 0 Å². The molecule has 2 heterocycles. The van der Waals surface area contributed by atoms with Gasteiger partial charge < -0.3 is 9.47 Å². The van der Waals surface area contributed by atoms with Crippen LogP contribution in [0.3, 0.4) is 0 Å². The van der Waals surface area contributed by atoms with Gasteiger partial charge in [0.1, 0.15) is 0 Å². The third-order valence-electron chi connectivity index (χ3n) is 5.97. The minimum absolute atomic E-state index is 0.0535. The van der Waals surface area contributed by atoms with Gasteiger partial charge in [-0.15, -0.1) is 0 Å². The molecule has 0 aliphatic carbocycles. The highest BCUT2D eigenvalue weighted by Crippen LogP contribution is 2.43. The van der Waals surface area contributed by atoms with Crippen molar-refractivity contribution in [2.24, 2.45) is 4.99 Å². The number of hydrogen-bond donors (Lipinski definition) is 0. The Morgan fingerprint density at radius 2 is 1.80 bits per heavy atom. The summed E-state index contributed by atoms with van der Waals surface area (Å²) < 4.78 is 10.5. The van der Waals surface area contributed by atoms with Gasteiger partial charge in [-0.3, -0.25) is 29.6 Å². The first-order chi connectivity index (χ1) is 16.8. The molecular formula is C25H23N3O7. The van der Waals surface area contributed by atoms with Crippen molar-refractivity contribution in [2.75, 3.05) is 20.3 Å². The summed E-state index contributed by atoms with van der Waals surface area (Å²) >= 11 is 0. The van der Waals surface area contributed by atoms with Crippen molar-refractivity contribution >= 4 is 29.2 Å². The number of nitrogens with zero attached hydrogens (tertiary/aromatic N) is 3. The van der Waals surface area contributed by atoms with E-state index in [1.54, 1.807) is 50.2 Å². The van der Waals surface area contributed by atoms with Crippen LogP contribution < -0.4 is 4.74 Å². The fraction of sp³-hybridized carbons (Fsp3) is 0.280. The molecule has 4 rings (SSSR count). The summed E-state index contributed by atoms with van der Waals surface area (Å²) in [5, 5.41) is 12.0. The van der Waals surface area contributed by atoms with E-state index < -0.39 is 28.6 Å². The second-order valence-corrected chi connectivity index (χ2v) is 8.08. The fourth-order valence-corrected chi connectivity index (χ4v) is 4.50. The van der Waals surface area contributed by atoms with Crippen LogP contribution in [0.15, 0.2) is 58.7 Å². The Morgan fingerprint density at radius 3 is 2.37 bits per heavy atom. The third kappa shape index (κ3) is 4.18. The zero-order valence-corrected chi connectivity index (χ0v) is 19.4. The number of amides is 2. The second-order valence-electron chi connectivity index (χ2n) is 8.08. The van der Waals surface area contributed by atoms with Crippen LogP contribution in [-0.2, 0) is 9.53 Å². The molecule has 0 aromatic heterocycles. The van der Waals surface area contributed by atoms with E-state index in [-0.39, 0.29) is 59.0 Å². The highest BCUT2D eigenvalue weighted by atomic mass is 16.6. The molecule has 0 bridgehead atoms. The molecule has 0 fully saturated rings. The quantitative estimate of drug-likeness (QED) is 0.258. The maximum absolute atomic E-state index is 13.2. The lowest BCUT2D eigenvalue weighted by Crippen LogP contribution is -2.34. The van der Waals surface area contributed by atoms with Crippen LogP contribution in [0.4, 0.5) is 5.69 Å². The third-order valence-corrected chi connectivity index (χ3v) is 5.97. The van der Waals surface area contributed by atoms with Crippen LogP contribution in [0, 0.1) is 10.1 Å². The maximum Gasteiger partial charge on any atom is 0.336 e. The Bertz CT molecular complexity index is 1280. The van der Waals surface area contributed by atoms with E-state index >= 15 is 0 Å². The molecular weight excluding hydrogens is 454 g/mol. The van der Waals surface area contributed by atoms with Crippen LogP contribution in [0.2, 0.25) is 0 Å². The van der Waals surface area contributed by atoms with E-state index in [1.165, 1.54) is 13.2 Å². The van der Waals surface area contributed by atoms with Crippen LogP contribution in [-0.4, -0.2) is 53.6 Å². The summed E-state index contributed by atoms with van der Waals surface area (Å²) in [4.78, 5) is 56.0. The number of para-hydroxylation sites is 1. The number of fused-ring (bicyclic) bond motifs is 1. The van der Waals surface area contributed by atoms with Gasteiger partial charge in [0.15, 0.2) is 5.75 Å². The van der Waals surface area contributed by atoms with Crippen molar-refractivity contribution in [2.45, 2.75) is 26.2 Å². The van der Waals surface area contributed by atoms with Crippen LogP contribution in [0.5, 0.6) is 5.75 Å². The molecule has 1 atom stereocenters. The molecule has 2 aliphatic rings. The number of rotatable bonds is 7. The van der Waals surface area contributed by atoms with Crippen molar-refractivity contribution in [3.8, 4) is 5.75 Å². The van der Waals surface area contributed by atoms with E-state index in [4.69, 9.17) is 9.47 Å². The van der Waals surface area contributed by atoms with Gasteiger partial charge in [-0.2, -0.15) is 0 Å². The molecule has 1 unspecified atom stereocenters. The Morgan fingerprint density at radius 1 is 1.14 bits per heavy atom. The number of methoxy groups -OCH3 is 1. The zero-order chi connectivity index (χ0) is 25.3. The van der Waals surface area contributed by atoms with E-state index in [1.807, 2.05) is 0 Å². The first kappa shape index (κ1) is 23.8. The van der Waals surface area contributed by atoms with E-state index in [0.717, 1.165) is 4.90 Å². The molecule has 0 saturated heterocycles. The molecule has 2 amide bonds. The van der Waals surface area contributed by atoms with Crippen molar-refractivity contribution in [3.63, 3.8) is 0 Å². The first-order valence-electron chi connectivity index (χ1n) is 11.0. The molecule has 0 saturated carbocycles. The highest BCUT2D eigenvalue weighted by molar-refractivity contribution is 6.21. The Kier molecular flexibility index (Phi) is 6.46. The standard InChI is InChI=1S/C25H23N3O7/c1-4-35-25(31)21-18(15-10-7-11-20(34-3)22(15)28(32)33)12-14(2)26-19(21)13-27-23(29)16-8-5-6-9-17(16)24(27)30/h5-11,18H,4,12-13H2,1-3H3. The maximum atomic E-state index is 13.2. The van der Waals surface area contributed by atoms with Crippen LogP contribution >= 0.6 is 0 Å². The molecule has 35 heavy (non-hydrogen) atoms. The monoisotopic (exact) mass is 477 g/mol. The van der Waals surface area contributed by atoms with Crippen molar-refractivity contribution in [1.82, 2.24) is 4.90 Å². The number of hydrogen-bond acceptors (Lipinski definition) is 8. The summed E-state index contributed by atoms with van der Waals surface area (Å²) in [7, 11) is 1.33. The summed E-state index contributed by atoms with van der Waals surface area (Å²) in [5.41, 5.74) is 1.35. The molecule has 2 aliphatic heterocycles. The summed E-state index contributed by atoms with van der Waals surface area (Å²) in [6.45, 7) is 3.16. The number of benzene rings is 2. The molecule has 2 aromatic rings. The van der Waals surface area contributed by atoms with Gasteiger partial charge in [-0.05, 0) is 38.5 Å². The molecule has 10 nitrogen and oxygen atoms in total. The first-order valence-corrected chi connectivity index (χ1v) is 11.0. The Balaban J connectivity index is 1.85. The number of nitro groups is 1. The summed E-state index contributed by atoms with van der Waals surface area (Å²) in [6, 6.07) is 11.1. The second kappa shape index (κ2) is 9.49. The molecule has 0 radical (unpaired) electrons. The zero-order valence-electron chi connectivity index (χ0n) is 19.4. The number of imide groups is 1. The van der Waals surface area contributed by atoms with Crippen LogP contribution in [0.1, 0.15) is 52.5 Å². The average Bonchev–Trinajstić information content (AvgIpc) is 3.08. The predicted octanol–water partition coefficient (Wildman–Crippen LogP) is 3.67. The fourth-order valence-electron chi connectivity index (χ4n) is 4.50. The molecule has 2 aromatic carbocycles. The lowest BCUT2D eigenvalue weighted by atomic mass is 9.82. The number of nitro benzene ring substituents is 1. The summed E-state index contributed by atoms with van der Waals surface area (Å²) in [5.74, 6) is -2.44. The lowest BCUT2D eigenvalue weighted by molar-refractivity contribution is -0.386. The average molecular weight is 477 g/mol. The van der Waals surface area contributed by atoms with E-state index in [9.17, 15) is 24.5 Å². The number of carbonyl (C=O) groups excluding carboxylic acids is 3. The van der Waals surface area contributed by atoms with Gasteiger partial charge in [0, 0.05) is 17.2 Å². The predicted molar refractivity (Wildman–Crippen MR) is 126 cm³/mol. The van der Waals surface area contributed by atoms with Gasteiger partial charge >= 0.3 is 11.7 Å². The summed E-state index contributed by atoms with van der Waals surface area (Å²) in [6.07, 6.45) is 0.216. The van der Waals surface area contributed by atoms with Gasteiger partial charge in [0.05, 0.1) is 47.6 Å². The van der Waals surface area contributed by atoms with Crippen molar-refractivity contribution in [3.05, 3.63) is 80.5 Å². The molecule has 0 N–H and O–H groups in total. The minimum Gasteiger partial charge on any atom is -0.490 e. The highest BCUT2D eigenvalue weighted by Gasteiger charge is 2.40. The SMILES string of the molecule is CCOC(=O)C1=C(CN2C(=O)c3ccccc3C2=O)N=C(C)CC1c1cccc(OC)c1[N+](=O)[O-]. The smallest absolute Gasteiger partial charge is 0.336 e. The number of aliphatic imine (C=N–C) groups is 1. The molecule has 0 spiro atoms. The van der Waals surface area contributed by atoms with Crippen molar-refractivity contribution < 1.29 is 28.8 Å². The topological polar surface area (TPSA) is 128 Å². The van der Waals surface area contributed by atoms with Gasteiger partial charge in [-0.1, -0.05) is 24.3 Å². The molecule has 180 valence electrons. The number of esters is 1. The van der Waals surface area contributed by atoms with Gasteiger partial charge in [0.2, 0.25) is 0 Å². The largest absolute Gasteiger partial charge is 0.490 e. The number of carbonyl (C=O) groups is 3. The van der Waals surface area contributed by atoms with E-state index in [2.05, 4.69) is 4.99 Å². The molecule has 10 heteroatoms.